The largest absolute Gasteiger partial charge is 0.486 e. The summed E-state index contributed by atoms with van der Waals surface area (Å²) in [5, 5.41) is 9.80. The predicted molar refractivity (Wildman–Crippen MR) is 89.0 cm³/mol. The van der Waals surface area contributed by atoms with Crippen molar-refractivity contribution in [3.63, 3.8) is 0 Å². The number of hydrogen-bond donors (Lipinski definition) is 2. The van der Waals surface area contributed by atoms with Crippen LogP contribution in [0.2, 0.25) is 0 Å². The van der Waals surface area contributed by atoms with E-state index >= 15 is 0 Å². The molecule has 1 heterocycles. The molecule has 2 rings (SSSR count). The number of rotatable bonds is 9. The molecule has 0 bridgehead atoms. The zero-order chi connectivity index (χ0) is 16.5. The predicted octanol–water partition coefficient (Wildman–Crippen LogP) is 2.50. The Balaban J connectivity index is 1.87. The van der Waals surface area contributed by atoms with Gasteiger partial charge in [0.2, 0.25) is 11.1 Å². The second-order valence-corrected chi connectivity index (χ2v) is 5.51. The van der Waals surface area contributed by atoms with Crippen LogP contribution in [-0.4, -0.2) is 40.1 Å². The van der Waals surface area contributed by atoms with Crippen molar-refractivity contribution in [1.29, 1.82) is 0 Å². The molecular weight excluding hydrogens is 316 g/mol. The fourth-order valence-electron chi connectivity index (χ4n) is 1.64. The first-order valence-corrected chi connectivity index (χ1v) is 8.02. The summed E-state index contributed by atoms with van der Waals surface area (Å²) in [6.45, 7) is 5.79. The third kappa shape index (κ3) is 5.33. The van der Waals surface area contributed by atoms with Crippen LogP contribution in [0, 0.1) is 0 Å². The van der Waals surface area contributed by atoms with Gasteiger partial charge in [-0.15, -0.1) is 5.10 Å². The highest BCUT2D eigenvalue weighted by molar-refractivity contribution is 7.99. The fourth-order valence-corrected chi connectivity index (χ4v) is 2.17. The summed E-state index contributed by atoms with van der Waals surface area (Å²) in [6, 6.07) is 7.13. The van der Waals surface area contributed by atoms with Crippen molar-refractivity contribution in [2.24, 2.45) is 0 Å². The number of carbonyl (C=O) groups excluding carboxylic acids is 1. The van der Waals surface area contributed by atoms with Gasteiger partial charge in [-0.2, -0.15) is 4.98 Å². The van der Waals surface area contributed by atoms with Gasteiger partial charge in [-0.25, -0.2) is 5.10 Å². The summed E-state index contributed by atoms with van der Waals surface area (Å²) in [6.07, 6.45) is 1.64. The van der Waals surface area contributed by atoms with Gasteiger partial charge < -0.3 is 9.47 Å². The molecule has 0 saturated heterocycles. The van der Waals surface area contributed by atoms with Crippen molar-refractivity contribution in [3.05, 3.63) is 36.9 Å². The number of thioether (sulfide) groups is 1. The van der Waals surface area contributed by atoms with Crippen LogP contribution in [0.5, 0.6) is 11.5 Å². The Kier molecular flexibility index (Phi) is 6.49. The number of hydrogen-bond acceptors (Lipinski definition) is 6. The molecule has 2 N–H and O–H groups in total. The van der Waals surface area contributed by atoms with Crippen molar-refractivity contribution >= 4 is 23.6 Å². The van der Waals surface area contributed by atoms with E-state index in [0.717, 1.165) is 5.75 Å². The molecule has 0 saturated carbocycles. The van der Waals surface area contributed by atoms with E-state index in [2.05, 4.69) is 27.1 Å². The topological polar surface area (TPSA) is 89.1 Å². The van der Waals surface area contributed by atoms with E-state index in [9.17, 15) is 4.79 Å². The van der Waals surface area contributed by atoms with Crippen LogP contribution >= 0.6 is 11.8 Å². The molecule has 0 fully saturated rings. The number of aromatic nitrogens is 3. The summed E-state index contributed by atoms with van der Waals surface area (Å²) in [4.78, 5) is 16.0. The van der Waals surface area contributed by atoms with Gasteiger partial charge in [0.05, 0.1) is 0 Å². The summed E-state index contributed by atoms with van der Waals surface area (Å²) in [7, 11) is 0. The smallest absolute Gasteiger partial charge is 0.264 e. The van der Waals surface area contributed by atoms with E-state index in [0.29, 0.717) is 29.2 Å². The number of carbonyl (C=O) groups is 1. The number of nitrogens with one attached hydrogen (secondary N) is 2. The molecule has 7 nitrogen and oxygen atoms in total. The Bertz CT molecular complexity index is 660. The second kappa shape index (κ2) is 8.84. The highest BCUT2D eigenvalue weighted by Crippen LogP contribution is 2.26. The van der Waals surface area contributed by atoms with Gasteiger partial charge in [0.15, 0.2) is 18.1 Å². The van der Waals surface area contributed by atoms with Crippen LogP contribution < -0.4 is 14.8 Å². The quantitative estimate of drug-likeness (QED) is 0.541. The Morgan fingerprint density at radius 1 is 1.39 bits per heavy atom. The lowest BCUT2D eigenvalue weighted by molar-refractivity contribution is -0.118. The number of aromatic amines is 1. The van der Waals surface area contributed by atoms with E-state index < -0.39 is 0 Å². The van der Waals surface area contributed by atoms with E-state index in [4.69, 9.17) is 9.47 Å². The Morgan fingerprint density at radius 2 is 2.13 bits per heavy atom. The number of ether oxygens (including phenoxy) is 2. The van der Waals surface area contributed by atoms with Gasteiger partial charge in [0, 0.05) is 0 Å². The normalized spacial score (nSPS) is 10.1. The second-order valence-electron chi connectivity index (χ2n) is 4.28. The number of para-hydroxylation sites is 2. The van der Waals surface area contributed by atoms with Crippen LogP contribution in [0.3, 0.4) is 0 Å². The molecule has 1 amide bonds. The van der Waals surface area contributed by atoms with E-state index in [1.807, 2.05) is 13.0 Å². The van der Waals surface area contributed by atoms with Gasteiger partial charge in [-0.05, 0) is 17.9 Å². The minimum Gasteiger partial charge on any atom is -0.486 e. The fraction of sp³-hybridized carbons (Fsp3) is 0.267. The Morgan fingerprint density at radius 3 is 2.83 bits per heavy atom. The van der Waals surface area contributed by atoms with Crippen molar-refractivity contribution in [3.8, 4) is 11.5 Å². The molecule has 0 atom stereocenters. The van der Waals surface area contributed by atoms with Crippen molar-refractivity contribution in [1.82, 2.24) is 15.2 Å². The highest BCUT2D eigenvalue weighted by atomic mass is 32.2. The molecule has 8 heteroatoms. The number of amides is 1. The van der Waals surface area contributed by atoms with Crippen LogP contribution in [0.15, 0.2) is 42.1 Å². The van der Waals surface area contributed by atoms with Crippen LogP contribution in [0.25, 0.3) is 0 Å². The standard InChI is InChI=1S/C15H18N4O3S/c1-3-9-21-11-7-5-6-8-12(11)22-10-13(20)16-14-17-15(19-18-14)23-4-2/h3,5-8H,1,4,9-10H2,2H3,(H2,16,17,18,19,20). The average Bonchev–Trinajstić information content (AvgIpc) is 2.99. The molecule has 0 aliphatic carbocycles. The lowest BCUT2D eigenvalue weighted by Gasteiger charge is -2.11. The number of H-pyrrole nitrogens is 1. The minimum atomic E-state index is -0.340. The molecule has 0 radical (unpaired) electrons. The lowest BCUT2D eigenvalue weighted by atomic mass is 10.3. The summed E-state index contributed by atoms with van der Waals surface area (Å²) < 4.78 is 10.9. The Hall–Kier alpha value is -2.48. The first-order chi connectivity index (χ1) is 11.2. The Labute approximate surface area is 138 Å². The number of anilines is 1. The minimum absolute atomic E-state index is 0.161. The van der Waals surface area contributed by atoms with Crippen molar-refractivity contribution < 1.29 is 14.3 Å². The number of nitrogens with zero attached hydrogens (tertiary/aromatic N) is 2. The summed E-state index contributed by atoms with van der Waals surface area (Å²) in [5.74, 6) is 1.86. The molecule has 0 spiro atoms. The van der Waals surface area contributed by atoms with Crippen molar-refractivity contribution in [2.75, 3.05) is 24.3 Å². The van der Waals surface area contributed by atoms with E-state index in [1.54, 1.807) is 24.3 Å². The SMILES string of the molecule is C=CCOc1ccccc1OCC(=O)Nc1nc(SCC)n[nH]1. The van der Waals surface area contributed by atoms with Crippen molar-refractivity contribution in [2.45, 2.75) is 12.1 Å². The molecule has 1 aromatic carbocycles. The van der Waals surface area contributed by atoms with Gasteiger partial charge in [-0.1, -0.05) is 43.5 Å². The summed E-state index contributed by atoms with van der Waals surface area (Å²) in [5.41, 5.74) is 0. The van der Waals surface area contributed by atoms with Crippen LogP contribution in [0.4, 0.5) is 5.95 Å². The zero-order valence-electron chi connectivity index (χ0n) is 12.7. The molecule has 1 aromatic heterocycles. The molecule has 2 aromatic rings. The molecule has 0 aliphatic rings. The van der Waals surface area contributed by atoms with Gasteiger partial charge >= 0.3 is 0 Å². The molecule has 23 heavy (non-hydrogen) atoms. The number of benzene rings is 1. The third-order valence-corrected chi connectivity index (χ3v) is 3.29. The molecule has 0 aliphatic heterocycles. The average molecular weight is 334 g/mol. The lowest BCUT2D eigenvalue weighted by Crippen LogP contribution is -2.21. The van der Waals surface area contributed by atoms with Gasteiger partial charge in [0.25, 0.3) is 5.91 Å². The monoisotopic (exact) mass is 334 g/mol. The maximum Gasteiger partial charge on any atom is 0.264 e. The first-order valence-electron chi connectivity index (χ1n) is 7.03. The maximum atomic E-state index is 11.9. The molecule has 0 unspecified atom stereocenters. The van der Waals surface area contributed by atoms with E-state index in [-0.39, 0.29) is 12.5 Å². The molecular formula is C15H18N4O3S. The third-order valence-electron chi connectivity index (χ3n) is 2.56. The first kappa shape index (κ1) is 16.9. The highest BCUT2D eigenvalue weighted by Gasteiger charge is 2.10. The maximum absolute atomic E-state index is 11.9. The van der Waals surface area contributed by atoms with Crippen LogP contribution in [-0.2, 0) is 4.79 Å². The summed E-state index contributed by atoms with van der Waals surface area (Å²) >= 11 is 1.48. The van der Waals surface area contributed by atoms with Crippen LogP contribution in [0.1, 0.15) is 6.92 Å². The molecule has 122 valence electrons. The van der Waals surface area contributed by atoms with Gasteiger partial charge in [0.1, 0.15) is 6.61 Å². The van der Waals surface area contributed by atoms with E-state index in [1.165, 1.54) is 11.8 Å². The van der Waals surface area contributed by atoms with Gasteiger partial charge in [-0.3, -0.25) is 10.1 Å². The zero-order valence-corrected chi connectivity index (χ0v) is 13.6.